The van der Waals surface area contributed by atoms with Crippen molar-refractivity contribution in [3.63, 3.8) is 0 Å². The van der Waals surface area contributed by atoms with Gasteiger partial charge in [-0.25, -0.2) is 4.79 Å². The van der Waals surface area contributed by atoms with Gasteiger partial charge in [0, 0.05) is 16.9 Å². The fourth-order valence-corrected chi connectivity index (χ4v) is 1.60. The summed E-state index contributed by atoms with van der Waals surface area (Å²) in [5.74, 6) is -1.32. The summed E-state index contributed by atoms with van der Waals surface area (Å²) in [4.78, 5) is 21.3. The van der Waals surface area contributed by atoms with E-state index in [4.69, 9.17) is 5.11 Å². The fraction of sp³-hybridized carbons (Fsp3) is 0.273. The van der Waals surface area contributed by atoms with Crippen LogP contribution in [-0.2, 0) is 16.0 Å². The van der Waals surface area contributed by atoms with E-state index >= 15 is 0 Å². The molecule has 1 aromatic rings. The molecule has 0 heterocycles. The number of rotatable bonds is 5. The number of carbonyl (C=O) groups excluding carboxylic acids is 1. The van der Waals surface area contributed by atoms with Crippen molar-refractivity contribution in [3.8, 4) is 0 Å². The highest BCUT2D eigenvalue weighted by molar-refractivity contribution is 7.80. The smallest absolute Gasteiger partial charge is 0.337 e. The molecule has 2 N–H and O–H groups in total. The minimum absolute atomic E-state index is 0.249. The summed E-state index contributed by atoms with van der Waals surface area (Å²) in [6, 6.07) is 4.93. The molecule has 0 aliphatic rings. The van der Waals surface area contributed by atoms with Gasteiger partial charge in [-0.15, -0.1) is 12.6 Å². The molecule has 0 radical (unpaired) electrons. The van der Waals surface area contributed by atoms with Crippen LogP contribution in [0.5, 0.6) is 0 Å². The van der Waals surface area contributed by atoms with Gasteiger partial charge >= 0.3 is 5.97 Å². The summed E-state index contributed by atoms with van der Waals surface area (Å²) in [5.41, 5.74) is 1.06. The highest BCUT2D eigenvalue weighted by Crippen LogP contribution is 2.23. The van der Waals surface area contributed by atoms with E-state index in [2.05, 4.69) is 12.6 Å². The molecule has 0 bridgehead atoms. The maximum absolute atomic E-state index is 10.6. The highest BCUT2D eigenvalue weighted by Gasteiger charge is 2.18. The van der Waals surface area contributed by atoms with Gasteiger partial charge in [-0.05, 0) is 18.1 Å². The standard InChI is InChI=1S/C11H12O4S/c12-5-1-2-7-3-4-9(16)8(6-7)10(13)11(14)15/h3-6,10,13,16H,1-2H2,(H,14,15). The van der Waals surface area contributed by atoms with Crippen LogP contribution in [0.15, 0.2) is 23.1 Å². The zero-order chi connectivity index (χ0) is 12.1. The number of carboxylic acid groups (broad SMARTS) is 1. The number of aldehydes is 1. The largest absolute Gasteiger partial charge is 0.479 e. The quantitative estimate of drug-likeness (QED) is 0.534. The lowest BCUT2D eigenvalue weighted by Gasteiger charge is -2.10. The zero-order valence-electron chi connectivity index (χ0n) is 8.46. The van der Waals surface area contributed by atoms with Gasteiger partial charge in [-0.2, -0.15) is 0 Å². The predicted molar refractivity (Wildman–Crippen MR) is 60.7 cm³/mol. The first-order chi connectivity index (χ1) is 7.56. The lowest BCUT2D eigenvalue weighted by Crippen LogP contribution is -2.11. The Bertz CT molecular complexity index is 403. The third-order valence-corrected chi connectivity index (χ3v) is 2.58. The molecule has 4 nitrogen and oxygen atoms in total. The number of aliphatic hydroxyl groups excluding tert-OH is 1. The Labute approximate surface area is 98.3 Å². The van der Waals surface area contributed by atoms with Crippen LogP contribution >= 0.6 is 12.6 Å². The number of hydrogen-bond acceptors (Lipinski definition) is 4. The molecule has 1 aromatic carbocycles. The first-order valence-electron chi connectivity index (χ1n) is 4.72. The summed E-state index contributed by atoms with van der Waals surface area (Å²) >= 11 is 4.08. The van der Waals surface area contributed by atoms with Crippen molar-refractivity contribution in [2.45, 2.75) is 23.8 Å². The van der Waals surface area contributed by atoms with Crippen molar-refractivity contribution in [1.29, 1.82) is 0 Å². The van der Waals surface area contributed by atoms with E-state index in [9.17, 15) is 14.7 Å². The summed E-state index contributed by atoms with van der Waals surface area (Å²) in [6.07, 6.45) is 0.108. The molecular weight excluding hydrogens is 228 g/mol. The fourth-order valence-electron chi connectivity index (χ4n) is 1.34. The Hall–Kier alpha value is -1.33. The maximum Gasteiger partial charge on any atom is 0.337 e. The van der Waals surface area contributed by atoms with E-state index in [-0.39, 0.29) is 5.56 Å². The average molecular weight is 240 g/mol. The van der Waals surface area contributed by atoms with Gasteiger partial charge < -0.3 is 15.0 Å². The molecule has 0 saturated heterocycles. The number of aliphatic hydroxyl groups is 1. The van der Waals surface area contributed by atoms with Crippen LogP contribution in [0.3, 0.4) is 0 Å². The van der Waals surface area contributed by atoms with E-state index in [0.717, 1.165) is 11.8 Å². The topological polar surface area (TPSA) is 74.6 Å². The van der Waals surface area contributed by atoms with Crippen LogP contribution < -0.4 is 0 Å². The molecule has 0 aliphatic heterocycles. The monoisotopic (exact) mass is 240 g/mol. The Morgan fingerprint density at radius 3 is 2.75 bits per heavy atom. The van der Waals surface area contributed by atoms with Gasteiger partial charge in [0.15, 0.2) is 6.10 Å². The minimum Gasteiger partial charge on any atom is -0.479 e. The number of carboxylic acids is 1. The minimum atomic E-state index is -1.58. The number of aliphatic carboxylic acids is 1. The molecule has 86 valence electrons. The third kappa shape index (κ3) is 3.08. The zero-order valence-corrected chi connectivity index (χ0v) is 9.35. The molecular formula is C11H12O4S. The van der Waals surface area contributed by atoms with Crippen LogP contribution in [0.2, 0.25) is 0 Å². The van der Waals surface area contributed by atoms with E-state index in [1.807, 2.05) is 0 Å². The van der Waals surface area contributed by atoms with Gasteiger partial charge in [0.1, 0.15) is 6.29 Å². The second kappa shape index (κ2) is 5.67. The Morgan fingerprint density at radius 2 is 2.19 bits per heavy atom. The molecule has 1 rings (SSSR count). The summed E-state index contributed by atoms with van der Waals surface area (Å²) < 4.78 is 0. The van der Waals surface area contributed by atoms with Crippen molar-refractivity contribution in [1.82, 2.24) is 0 Å². The van der Waals surface area contributed by atoms with E-state index < -0.39 is 12.1 Å². The summed E-state index contributed by atoms with van der Waals surface area (Å²) in [5, 5.41) is 18.1. The number of thiol groups is 1. The van der Waals surface area contributed by atoms with Crippen molar-refractivity contribution in [3.05, 3.63) is 29.3 Å². The van der Waals surface area contributed by atoms with Crippen molar-refractivity contribution in [2.75, 3.05) is 0 Å². The normalized spacial score (nSPS) is 12.1. The summed E-state index contributed by atoms with van der Waals surface area (Å²) in [7, 11) is 0. The Kier molecular flexibility index (Phi) is 4.52. The Balaban J connectivity index is 2.98. The molecule has 0 aliphatic carbocycles. The van der Waals surface area contributed by atoms with Crippen molar-refractivity contribution in [2.24, 2.45) is 0 Å². The van der Waals surface area contributed by atoms with Gasteiger partial charge in [0.2, 0.25) is 0 Å². The van der Waals surface area contributed by atoms with Crippen LogP contribution in [0, 0.1) is 0 Å². The van der Waals surface area contributed by atoms with Gasteiger partial charge in [-0.1, -0.05) is 12.1 Å². The third-order valence-electron chi connectivity index (χ3n) is 2.17. The van der Waals surface area contributed by atoms with E-state index in [0.29, 0.717) is 17.7 Å². The first kappa shape index (κ1) is 12.7. The summed E-state index contributed by atoms with van der Waals surface area (Å²) in [6.45, 7) is 0. The molecule has 1 atom stereocenters. The van der Waals surface area contributed by atoms with E-state index in [1.165, 1.54) is 0 Å². The Morgan fingerprint density at radius 1 is 1.50 bits per heavy atom. The van der Waals surface area contributed by atoms with E-state index in [1.54, 1.807) is 18.2 Å². The predicted octanol–water partition coefficient (Wildman–Crippen LogP) is 1.22. The van der Waals surface area contributed by atoms with Gasteiger partial charge in [0.25, 0.3) is 0 Å². The number of hydrogen-bond donors (Lipinski definition) is 3. The molecule has 5 heteroatoms. The van der Waals surface area contributed by atoms with Crippen LogP contribution in [0.4, 0.5) is 0 Å². The molecule has 0 amide bonds. The lowest BCUT2D eigenvalue weighted by atomic mass is 10.0. The van der Waals surface area contributed by atoms with Gasteiger partial charge in [-0.3, -0.25) is 0 Å². The maximum atomic E-state index is 10.6. The van der Waals surface area contributed by atoms with Gasteiger partial charge in [0.05, 0.1) is 0 Å². The van der Waals surface area contributed by atoms with Crippen molar-refractivity contribution >= 4 is 24.9 Å². The molecule has 16 heavy (non-hydrogen) atoms. The van der Waals surface area contributed by atoms with Crippen LogP contribution in [0.25, 0.3) is 0 Å². The highest BCUT2D eigenvalue weighted by atomic mass is 32.1. The molecule has 0 spiro atoms. The number of carbonyl (C=O) groups is 2. The number of benzene rings is 1. The van der Waals surface area contributed by atoms with Crippen LogP contribution in [0.1, 0.15) is 23.7 Å². The molecule has 0 fully saturated rings. The first-order valence-corrected chi connectivity index (χ1v) is 5.17. The van der Waals surface area contributed by atoms with Crippen molar-refractivity contribution < 1.29 is 19.8 Å². The number of aryl methyl sites for hydroxylation is 1. The average Bonchev–Trinajstić information content (AvgIpc) is 2.27. The lowest BCUT2D eigenvalue weighted by molar-refractivity contribution is -0.147. The second-order valence-electron chi connectivity index (χ2n) is 3.34. The van der Waals surface area contributed by atoms with Crippen LogP contribution in [-0.4, -0.2) is 22.5 Å². The second-order valence-corrected chi connectivity index (χ2v) is 3.82. The molecule has 1 unspecified atom stereocenters. The molecule has 0 aromatic heterocycles. The SMILES string of the molecule is O=CCCc1ccc(S)c(C(O)C(=O)O)c1. The molecule has 0 saturated carbocycles.